The van der Waals surface area contributed by atoms with E-state index >= 15 is 0 Å². The number of hydrogen-bond acceptors (Lipinski definition) is 0. The zero-order valence-electron chi connectivity index (χ0n) is 8.37. The van der Waals surface area contributed by atoms with Gasteiger partial charge in [0, 0.05) is 11.8 Å². The van der Waals surface area contributed by atoms with Crippen LogP contribution in [0.4, 0.5) is 0 Å². The zero-order valence-corrected chi connectivity index (χ0v) is 9.13. The van der Waals surface area contributed by atoms with Crippen LogP contribution in [-0.2, 0) is 0 Å². The topological polar surface area (TPSA) is 0 Å². The van der Waals surface area contributed by atoms with E-state index in [9.17, 15) is 0 Å². The van der Waals surface area contributed by atoms with Gasteiger partial charge >= 0.3 is 0 Å². The maximum atomic E-state index is 5.76. The Hall–Kier alpha value is -0.230. The minimum Gasteiger partial charge on any atom is -0.127 e. The molecule has 0 saturated heterocycles. The summed E-state index contributed by atoms with van der Waals surface area (Å²) in [4.78, 5) is 0. The predicted molar refractivity (Wildman–Crippen MR) is 55.6 cm³/mol. The lowest BCUT2D eigenvalue weighted by molar-refractivity contribution is 0.698. The van der Waals surface area contributed by atoms with Gasteiger partial charge in [0.2, 0.25) is 0 Å². The predicted octanol–water partition coefficient (Wildman–Crippen LogP) is 3.92. The van der Waals surface area contributed by atoms with Gasteiger partial charge in [-0.25, -0.2) is 0 Å². The van der Waals surface area contributed by atoms with E-state index in [1.54, 1.807) is 0 Å². The highest BCUT2D eigenvalue weighted by Gasteiger charge is 2.23. The van der Waals surface area contributed by atoms with Gasteiger partial charge in [-0.2, -0.15) is 0 Å². The molecule has 0 bridgehead atoms. The monoisotopic (exact) mass is 184 g/mol. The van der Waals surface area contributed by atoms with Gasteiger partial charge in [0.25, 0.3) is 0 Å². The molecule has 0 saturated carbocycles. The quantitative estimate of drug-likeness (QED) is 0.571. The minimum atomic E-state index is 0.627. The minimum absolute atomic E-state index is 0.627. The smallest absolute Gasteiger partial charge is 0.0232 e. The Balaban J connectivity index is 2.91. The molecule has 0 N–H and O–H groups in total. The molecule has 68 valence electrons. The van der Waals surface area contributed by atoms with Crippen LogP contribution in [0.5, 0.6) is 0 Å². The first kappa shape index (κ1) is 9.85. The summed E-state index contributed by atoms with van der Waals surface area (Å²) in [7, 11) is 0. The molecule has 0 aromatic carbocycles. The molecule has 0 aromatic rings. The Morgan fingerprint density at radius 3 is 1.75 bits per heavy atom. The molecule has 0 spiro atoms. The van der Waals surface area contributed by atoms with E-state index in [0.717, 1.165) is 12.3 Å². The lowest BCUT2D eigenvalue weighted by atomic mass is 9.94. The van der Waals surface area contributed by atoms with Crippen molar-refractivity contribution in [3.05, 3.63) is 22.3 Å². The van der Waals surface area contributed by atoms with Gasteiger partial charge in [-0.15, -0.1) is 11.6 Å². The number of rotatable bonds is 2. The number of halogens is 1. The maximum absolute atomic E-state index is 5.76. The zero-order chi connectivity index (χ0) is 9.30. The Labute approximate surface area is 80.3 Å². The lowest BCUT2D eigenvalue weighted by Gasteiger charge is -2.12. The van der Waals surface area contributed by atoms with Crippen LogP contribution in [-0.4, -0.2) is 5.88 Å². The first-order chi connectivity index (χ1) is 5.59. The molecule has 0 nitrogen and oxygen atoms in total. The van der Waals surface area contributed by atoms with Crippen molar-refractivity contribution in [3.63, 3.8) is 0 Å². The van der Waals surface area contributed by atoms with E-state index in [1.165, 1.54) is 22.3 Å². The molecule has 0 radical (unpaired) electrons. The molecule has 1 heteroatoms. The summed E-state index contributed by atoms with van der Waals surface area (Å²) in [5.74, 6) is 1.39. The van der Waals surface area contributed by atoms with Crippen LogP contribution in [0.25, 0.3) is 0 Å². The fourth-order valence-electron chi connectivity index (χ4n) is 1.98. The van der Waals surface area contributed by atoms with Crippen molar-refractivity contribution >= 4 is 11.6 Å². The van der Waals surface area contributed by atoms with E-state index < -0.39 is 0 Å². The summed E-state index contributed by atoms with van der Waals surface area (Å²) in [6, 6.07) is 0. The highest BCUT2D eigenvalue weighted by Crippen LogP contribution is 2.38. The fraction of sp³-hybridized carbons (Fsp3) is 0.636. The fourth-order valence-corrected chi connectivity index (χ4v) is 2.20. The van der Waals surface area contributed by atoms with E-state index in [-0.39, 0.29) is 0 Å². The molecule has 0 aliphatic heterocycles. The molecule has 0 aromatic heterocycles. The van der Waals surface area contributed by atoms with Crippen LogP contribution in [0.2, 0.25) is 0 Å². The van der Waals surface area contributed by atoms with Gasteiger partial charge in [0.05, 0.1) is 0 Å². The van der Waals surface area contributed by atoms with Gasteiger partial charge in [-0.05, 0) is 45.3 Å². The molecular weight excluding hydrogens is 168 g/mol. The Morgan fingerprint density at radius 2 is 1.42 bits per heavy atom. The van der Waals surface area contributed by atoms with Crippen molar-refractivity contribution in [2.75, 3.05) is 5.88 Å². The van der Waals surface area contributed by atoms with Crippen LogP contribution < -0.4 is 0 Å². The third-order valence-corrected chi connectivity index (χ3v) is 3.41. The van der Waals surface area contributed by atoms with Gasteiger partial charge < -0.3 is 0 Å². The molecule has 1 rings (SSSR count). The second-order valence-corrected chi connectivity index (χ2v) is 4.02. The highest BCUT2D eigenvalue weighted by molar-refractivity contribution is 6.17. The molecule has 0 heterocycles. The summed E-state index contributed by atoms with van der Waals surface area (Å²) in [5, 5.41) is 0. The van der Waals surface area contributed by atoms with Crippen LogP contribution in [0.3, 0.4) is 0 Å². The van der Waals surface area contributed by atoms with Gasteiger partial charge in [-0.3, -0.25) is 0 Å². The molecular formula is C11H17Cl. The summed E-state index contributed by atoms with van der Waals surface area (Å²) in [6.45, 7) is 8.88. The average Bonchev–Trinajstić information content (AvgIpc) is 2.23. The van der Waals surface area contributed by atoms with Crippen LogP contribution >= 0.6 is 11.6 Å². The van der Waals surface area contributed by atoms with Crippen molar-refractivity contribution < 1.29 is 0 Å². The van der Waals surface area contributed by atoms with Gasteiger partial charge in [0.15, 0.2) is 0 Å². The van der Waals surface area contributed by atoms with Crippen LogP contribution in [0.1, 0.15) is 34.1 Å². The molecule has 0 amide bonds. The standard InChI is InChI=1S/C11H17Cl/c1-7-8(2)10(4)11(5-6-12)9(7)3/h11H,5-6H2,1-4H3. The van der Waals surface area contributed by atoms with Crippen molar-refractivity contribution in [1.29, 1.82) is 0 Å². The highest BCUT2D eigenvalue weighted by atomic mass is 35.5. The second-order valence-electron chi connectivity index (χ2n) is 3.65. The van der Waals surface area contributed by atoms with Crippen molar-refractivity contribution in [2.45, 2.75) is 34.1 Å². The molecule has 0 unspecified atom stereocenters. The van der Waals surface area contributed by atoms with Crippen LogP contribution in [0, 0.1) is 5.92 Å². The van der Waals surface area contributed by atoms with Crippen molar-refractivity contribution in [1.82, 2.24) is 0 Å². The van der Waals surface area contributed by atoms with E-state index in [2.05, 4.69) is 27.7 Å². The van der Waals surface area contributed by atoms with Gasteiger partial charge in [-0.1, -0.05) is 11.1 Å². The maximum Gasteiger partial charge on any atom is 0.0232 e. The molecule has 1 aliphatic carbocycles. The number of alkyl halides is 1. The van der Waals surface area contributed by atoms with E-state index in [1.807, 2.05) is 0 Å². The third-order valence-electron chi connectivity index (χ3n) is 3.19. The molecule has 1 aliphatic rings. The van der Waals surface area contributed by atoms with E-state index in [0.29, 0.717) is 5.92 Å². The molecule has 12 heavy (non-hydrogen) atoms. The van der Waals surface area contributed by atoms with Gasteiger partial charge in [0.1, 0.15) is 0 Å². The summed E-state index contributed by atoms with van der Waals surface area (Å²) in [5.41, 5.74) is 5.99. The van der Waals surface area contributed by atoms with Crippen molar-refractivity contribution in [3.8, 4) is 0 Å². The SMILES string of the molecule is CC1=C(C)C(CCCl)C(C)=C1C. The second kappa shape index (κ2) is 3.66. The number of hydrogen-bond donors (Lipinski definition) is 0. The largest absolute Gasteiger partial charge is 0.127 e. The average molecular weight is 185 g/mol. The summed E-state index contributed by atoms with van der Waals surface area (Å²) in [6.07, 6.45) is 1.09. The molecule has 0 atom stereocenters. The van der Waals surface area contributed by atoms with Crippen molar-refractivity contribution in [2.24, 2.45) is 5.92 Å². The first-order valence-corrected chi connectivity index (χ1v) is 5.04. The lowest BCUT2D eigenvalue weighted by Crippen LogP contribution is -2.01. The van der Waals surface area contributed by atoms with E-state index in [4.69, 9.17) is 11.6 Å². The Kier molecular flexibility index (Phi) is 3.00. The number of allylic oxidation sites excluding steroid dienone is 4. The Morgan fingerprint density at radius 1 is 1.00 bits per heavy atom. The summed E-state index contributed by atoms with van der Waals surface area (Å²) >= 11 is 5.76. The third kappa shape index (κ3) is 1.45. The normalized spacial score (nSPS) is 19.8. The Bertz CT molecular complexity index is 222. The first-order valence-electron chi connectivity index (χ1n) is 4.50. The molecule has 0 fully saturated rings. The summed E-state index contributed by atoms with van der Waals surface area (Å²) < 4.78 is 0. The van der Waals surface area contributed by atoms with Crippen LogP contribution in [0.15, 0.2) is 22.3 Å².